The maximum absolute atomic E-state index is 13.6. The van der Waals surface area contributed by atoms with Gasteiger partial charge in [-0.05, 0) is 49.4 Å². The normalized spacial score (nSPS) is 15.5. The number of rotatable bonds is 6. The van der Waals surface area contributed by atoms with Gasteiger partial charge in [0, 0.05) is 56.0 Å². The summed E-state index contributed by atoms with van der Waals surface area (Å²) in [6.07, 6.45) is 0. The Morgan fingerprint density at radius 3 is 2.23 bits per heavy atom. The molecule has 0 aliphatic carbocycles. The second kappa shape index (κ2) is 8.93. The molecule has 3 aromatic rings. The topological polar surface area (TPSA) is 41.7 Å². The van der Waals surface area contributed by atoms with E-state index in [9.17, 15) is 8.78 Å². The number of benzene rings is 2. The van der Waals surface area contributed by atoms with Gasteiger partial charge in [-0.15, -0.1) is 0 Å². The Balaban J connectivity index is 1.35. The summed E-state index contributed by atoms with van der Waals surface area (Å²) in [5.41, 5.74) is 3.56. The van der Waals surface area contributed by atoms with Gasteiger partial charge in [0.25, 0.3) is 0 Å². The first-order chi connectivity index (χ1) is 14.5. The van der Waals surface area contributed by atoms with Gasteiger partial charge in [0.15, 0.2) is 5.76 Å². The fourth-order valence-corrected chi connectivity index (χ4v) is 3.82. The highest BCUT2D eigenvalue weighted by Gasteiger charge is 2.21. The summed E-state index contributed by atoms with van der Waals surface area (Å²) < 4.78 is 37.7. The SMILES string of the molecule is COc1ccc(F)cc1CN1CCN(Cc2noc(-c3ccc(F)cc3)c2C)CC1. The van der Waals surface area contributed by atoms with Crippen LogP contribution in [0.5, 0.6) is 5.75 Å². The molecule has 1 saturated heterocycles. The van der Waals surface area contributed by atoms with Crippen LogP contribution in [0.1, 0.15) is 16.8 Å². The average molecular weight is 413 g/mol. The molecule has 0 radical (unpaired) electrons. The van der Waals surface area contributed by atoms with Crippen LogP contribution < -0.4 is 4.74 Å². The van der Waals surface area contributed by atoms with Crippen molar-refractivity contribution in [1.82, 2.24) is 15.0 Å². The van der Waals surface area contributed by atoms with E-state index in [1.54, 1.807) is 31.4 Å². The molecule has 2 aromatic carbocycles. The Morgan fingerprint density at radius 2 is 1.57 bits per heavy atom. The maximum Gasteiger partial charge on any atom is 0.170 e. The van der Waals surface area contributed by atoms with Crippen molar-refractivity contribution in [2.24, 2.45) is 0 Å². The zero-order valence-corrected chi connectivity index (χ0v) is 17.2. The number of ether oxygens (including phenoxy) is 1. The molecule has 1 aliphatic rings. The molecule has 30 heavy (non-hydrogen) atoms. The van der Waals surface area contributed by atoms with Gasteiger partial charge in [-0.1, -0.05) is 5.16 Å². The summed E-state index contributed by atoms with van der Waals surface area (Å²) in [5, 5.41) is 4.25. The third kappa shape index (κ3) is 4.52. The van der Waals surface area contributed by atoms with Crippen LogP contribution in [0.15, 0.2) is 47.0 Å². The van der Waals surface area contributed by atoms with Crippen molar-refractivity contribution in [3.05, 3.63) is 70.9 Å². The number of hydrogen-bond acceptors (Lipinski definition) is 5. The van der Waals surface area contributed by atoms with Crippen LogP contribution in [0.3, 0.4) is 0 Å². The summed E-state index contributed by atoms with van der Waals surface area (Å²) in [5.74, 6) is 0.875. The van der Waals surface area contributed by atoms with Crippen molar-refractivity contribution in [2.75, 3.05) is 33.3 Å². The first-order valence-electron chi connectivity index (χ1n) is 10.0. The molecule has 5 nitrogen and oxygen atoms in total. The van der Waals surface area contributed by atoms with Gasteiger partial charge in [-0.3, -0.25) is 9.80 Å². The lowest BCUT2D eigenvalue weighted by molar-refractivity contribution is 0.119. The van der Waals surface area contributed by atoms with E-state index in [1.165, 1.54) is 18.2 Å². The van der Waals surface area contributed by atoms with Gasteiger partial charge in [0.2, 0.25) is 0 Å². The summed E-state index contributed by atoms with van der Waals surface area (Å²) >= 11 is 0. The molecule has 4 rings (SSSR count). The van der Waals surface area contributed by atoms with Gasteiger partial charge in [-0.25, -0.2) is 8.78 Å². The highest BCUT2D eigenvalue weighted by Crippen LogP contribution is 2.27. The standard InChI is InChI=1S/C23H25F2N3O2/c1-16-21(26-30-23(16)17-3-5-19(24)6-4-17)15-28-11-9-27(10-12-28)14-18-13-20(25)7-8-22(18)29-2/h3-8,13H,9-12,14-15H2,1-2H3. The Labute approximate surface area is 174 Å². The van der Waals surface area contributed by atoms with E-state index in [4.69, 9.17) is 9.26 Å². The van der Waals surface area contributed by atoms with Crippen molar-refractivity contribution < 1.29 is 18.0 Å². The van der Waals surface area contributed by atoms with Crippen molar-refractivity contribution in [1.29, 1.82) is 0 Å². The van der Waals surface area contributed by atoms with Crippen molar-refractivity contribution in [2.45, 2.75) is 20.0 Å². The molecular formula is C23H25F2N3O2. The fraction of sp³-hybridized carbons (Fsp3) is 0.348. The first-order valence-corrected chi connectivity index (χ1v) is 10.0. The fourth-order valence-electron chi connectivity index (χ4n) is 3.82. The van der Waals surface area contributed by atoms with Gasteiger partial charge >= 0.3 is 0 Å². The Kier molecular flexibility index (Phi) is 6.11. The molecule has 2 heterocycles. The molecule has 0 N–H and O–H groups in total. The molecule has 158 valence electrons. The van der Waals surface area contributed by atoms with E-state index in [0.29, 0.717) is 24.6 Å². The predicted octanol–water partition coefficient (Wildman–Crippen LogP) is 4.25. The highest BCUT2D eigenvalue weighted by molar-refractivity contribution is 5.61. The minimum Gasteiger partial charge on any atom is -0.496 e. The van der Waals surface area contributed by atoms with Crippen LogP contribution in [0.4, 0.5) is 8.78 Å². The lowest BCUT2D eigenvalue weighted by Gasteiger charge is -2.34. The summed E-state index contributed by atoms with van der Waals surface area (Å²) in [7, 11) is 1.61. The van der Waals surface area contributed by atoms with E-state index >= 15 is 0 Å². The minimum absolute atomic E-state index is 0.247. The minimum atomic E-state index is -0.273. The Hall–Kier alpha value is -2.77. The summed E-state index contributed by atoms with van der Waals surface area (Å²) in [6, 6.07) is 10.9. The van der Waals surface area contributed by atoms with Crippen LogP contribution in [0.2, 0.25) is 0 Å². The maximum atomic E-state index is 13.6. The molecular weight excluding hydrogens is 388 g/mol. The molecule has 0 saturated carbocycles. The molecule has 0 unspecified atom stereocenters. The zero-order chi connectivity index (χ0) is 21.1. The molecule has 1 aliphatic heterocycles. The lowest BCUT2D eigenvalue weighted by Crippen LogP contribution is -2.45. The molecule has 7 heteroatoms. The molecule has 1 aromatic heterocycles. The Bertz CT molecular complexity index is 996. The number of piperazine rings is 1. The monoisotopic (exact) mass is 413 g/mol. The van der Waals surface area contributed by atoms with Crippen LogP contribution in [-0.4, -0.2) is 48.2 Å². The molecule has 0 atom stereocenters. The number of methoxy groups -OCH3 is 1. The van der Waals surface area contributed by atoms with E-state index in [2.05, 4.69) is 15.0 Å². The van der Waals surface area contributed by atoms with Crippen molar-refractivity contribution >= 4 is 0 Å². The van der Waals surface area contributed by atoms with Gasteiger partial charge in [0.05, 0.1) is 7.11 Å². The number of halogens is 2. The van der Waals surface area contributed by atoms with Gasteiger partial charge < -0.3 is 9.26 Å². The molecule has 0 amide bonds. The predicted molar refractivity (Wildman–Crippen MR) is 110 cm³/mol. The number of aromatic nitrogens is 1. The largest absolute Gasteiger partial charge is 0.496 e. The van der Waals surface area contributed by atoms with Crippen molar-refractivity contribution in [3.63, 3.8) is 0 Å². The van der Waals surface area contributed by atoms with Crippen LogP contribution in [0.25, 0.3) is 11.3 Å². The molecule has 0 spiro atoms. The third-order valence-corrected chi connectivity index (χ3v) is 5.60. The first kappa shape index (κ1) is 20.5. The van der Waals surface area contributed by atoms with Gasteiger partial charge in [-0.2, -0.15) is 0 Å². The summed E-state index contributed by atoms with van der Waals surface area (Å²) in [4.78, 5) is 4.63. The summed E-state index contributed by atoms with van der Waals surface area (Å²) in [6.45, 7) is 6.87. The average Bonchev–Trinajstić information content (AvgIpc) is 3.10. The second-order valence-electron chi connectivity index (χ2n) is 7.60. The van der Waals surface area contributed by atoms with E-state index in [1.807, 2.05) is 6.92 Å². The smallest absolute Gasteiger partial charge is 0.170 e. The zero-order valence-electron chi connectivity index (χ0n) is 17.2. The number of hydrogen-bond donors (Lipinski definition) is 0. The molecule has 1 fully saturated rings. The van der Waals surface area contributed by atoms with Crippen LogP contribution in [0, 0.1) is 18.6 Å². The van der Waals surface area contributed by atoms with Crippen LogP contribution in [-0.2, 0) is 13.1 Å². The van der Waals surface area contributed by atoms with Crippen molar-refractivity contribution in [3.8, 4) is 17.1 Å². The van der Waals surface area contributed by atoms with E-state index in [-0.39, 0.29) is 11.6 Å². The third-order valence-electron chi connectivity index (χ3n) is 5.60. The van der Waals surface area contributed by atoms with Crippen LogP contribution >= 0.6 is 0 Å². The lowest BCUT2D eigenvalue weighted by atomic mass is 10.1. The highest BCUT2D eigenvalue weighted by atomic mass is 19.1. The number of nitrogens with zero attached hydrogens (tertiary/aromatic N) is 3. The second-order valence-corrected chi connectivity index (χ2v) is 7.60. The van der Waals surface area contributed by atoms with Gasteiger partial charge in [0.1, 0.15) is 23.1 Å². The Morgan fingerprint density at radius 1 is 0.933 bits per heavy atom. The van der Waals surface area contributed by atoms with E-state index < -0.39 is 0 Å². The van der Waals surface area contributed by atoms with E-state index in [0.717, 1.165) is 48.6 Å². The quantitative estimate of drug-likeness (QED) is 0.604. The molecule has 0 bridgehead atoms.